The molecule has 1 aliphatic carbocycles. The van der Waals surface area contributed by atoms with Crippen LogP contribution >= 0.6 is 11.6 Å². The highest BCUT2D eigenvalue weighted by Crippen LogP contribution is 2.34. The van der Waals surface area contributed by atoms with Crippen LogP contribution in [0.15, 0.2) is 18.5 Å². The number of anilines is 1. The molecule has 4 rings (SSSR count). The molecule has 0 spiro atoms. The van der Waals surface area contributed by atoms with Crippen molar-refractivity contribution in [2.75, 3.05) is 18.0 Å². The molecule has 0 unspecified atom stereocenters. The fourth-order valence-electron chi connectivity index (χ4n) is 3.98. The monoisotopic (exact) mass is 316 g/mol. The summed E-state index contributed by atoms with van der Waals surface area (Å²) in [5.74, 6) is 1.18. The van der Waals surface area contributed by atoms with E-state index in [9.17, 15) is 0 Å². The Morgan fingerprint density at radius 1 is 1.27 bits per heavy atom. The largest absolute Gasteiger partial charge is 0.368 e. The van der Waals surface area contributed by atoms with Gasteiger partial charge in [-0.1, -0.05) is 11.6 Å². The molecule has 0 aromatic carbocycles. The van der Waals surface area contributed by atoms with Crippen LogP contribution < -0.4 is 4.90 Å². The van der Waals surface area contributed by atoms with Crippen molar-refractivity contribution in [1.82, 2.24) is 14.5 Å². The minimum absolute atomic E-state index is 0.513. The van der Waals surface area contributed by atoms with Gasteiger partial charge in [-0.15, -0.1) is 0 Å². The van der Waals surface area contributed by atoms with Crippen molar-refractivity contribution in [2.24, 2.45) is 0 Å². The van der Waals surface area contributed by atoms with Gasteiger partial charge in [-0.3, -0.25) is 4.98 Å². The Morgan fingerprint density at radius 3 is 3.00 bits per heavy atom. The second kappa shape index (κ2) is 5.58. The molecule has 0 bridgehead atoms. The van der Waals surface area contributed by atoms with Gasteiger partial charge in [0, 0.05) is 31.2 Å². The molecule has 0 saturated carbocycles. The zero-order valence-electron chi connectivity index (χ0n) is 12.9. The number of aryl methyl sites for hydroxylation is 2. The van der Waals surface area contributed by atoms with Crippen LogP contribution in [0, 0.1) is 6.92 Å². The molecular weight excluding hydrogens is 296 g/mol. The van der Waals surface area contributed by atoms with Gasteiger partial charge in [-0.25, -0.2) is 4.98 Å². The molecule has 22 heavy (non-hydrogen) atoms. The second-order valence-corrected chi connectivity index (χ2v) is 6.75. The zero-order chi connectivity index (χ0) is 15.1. The number of aromatic nitrogens is 3. The summed E-state index contributed by atoms with van der Waals surface area (Å²) in [6.07, 6.45) is 9.62. The maximum atomic E-state index is 6.30. The molecule has 1 fully saturated rings. The Morgan fingerprint density at radius 2 is 2.14 bits per heavy atom. The van der Waals surface area contributed by atoms with Crippen molar-refractivity contribution in [3.63, 3.8) is 0 Å². The molecule has 1 atom stereocenters. The summed E-state index contributed by atoms with van der Waals surface area (Å²) in [5.41, 5.74) is 3.92. The number of hydrogen-bond donors (Lipinski definition) is 0. The SMILES string of the molecule is Cc1nc2c(n1[C@H]1CCN(c3ccncc3Cl)C1)CCCC2. The van der Waals surface area contributed by atoms with Crippen molar-refractivity contribution in [3.05, 3.63) is 40.7 Å². The number of hydrogen-bond acceptors (Lipinski definition) is 3. The van der Waals surface area contributed by atoms with Crippen molar-refractivity contribution >= 4 is 17.3 Å². The summed E-state index contributed by atoms with van der Waals surface area (Å²) in [6.45, 7) is 4.20. The second-order valence-electron chi connectivity index (χ2n) is 6.35. The average Bonchev–Trinajstić information content (AvgIpc) is 3.10. The highest BCUT2D eigenvalue weighted by atomic mass is 35.5. The smallest absolute Gasteiger partial charge is 0.106 e. The van der Waals surface area contributed by atoms with Crippen molar-refractivity contribution in [2.45, 2.75) is 45.1 Å². The summed E-state index contributed by atoms with van der Waals surface area (Å²) < 4.78 is 2.50. The highest BCUT2D eigenvalue weighted by molar-refractivity contribution is 6.33. The van der Waals surface area contributed by atoms with E-state index in [2.05, 4.69) is 21.4 Å². The lowest BCUT2D eigenvalue weighted by atomic mass is 10.0. The first kappa shape index (κ1) is 14.1. The van der Waals surface area contributed by atoms with Gasteiger partial charge in [0.2, 0.25) is 0 Å². The van der Waals surface area contributed by atoms with Crippen LogP contribution in [-0.4, -0.2) is 27.6 Å². The van der Waals surface area contributed by atoms with Crippen LogP contribution in [0.3, 0.4) is 0 Å². The summed E-state index contributed by atoms with van der Waals surface area (Å²) >= 11 is 6.30. The third kappa shape index (κ3) is 2.30. The molecule has 2 aliphatic rings. The third-order valence-corrected chi connectivity index (χ3v) is 5.26. The van der Waals surface area contributed by atoms with E-state index in [1.165, 1.54) is 36.5 Å². The molecule has 1 saturated heterocycles. The summed E-state index contributed by atoms with van der Waals surface area (Å²) in [6, 6.07) is 2.53. The third-order valence-electron chi connectivity index (χ3n) is 4.97. The Labute approximate surface area is 136 Å². The maximum absolute atomic E-state index is 6.30. The molecule has 2 aromatic rings. The number of nitrogens with zero attached hydrogens (tertiary/aromatic N) is 4. The van der Waals surface area contributed by atoms with Gasteiger partial charge in [0.25, 0.3) is 0 Å². The molecule has 5 heteroatoms. The van der Waals surface area contributed by atoms with E-state index < -0.39 is 0 Å². The number of pyridine rings is 1. The Bertz CT molecular complexity index is 694. The summed E-state index contributed by atoms with van der Waals surface area (Å²) in [7, 11) is 0. The van der Waals surface area contributed by atoms with Gasteiger partial charge in [-0.05, 0) is 45.1 Å². The predicted molar refractivity (Wildman–Crippen MR) is 88.7 cm³/mol. The summed E-state index contributed by atoms with van der Waals surface area (Å²) in [4.78, 5) is 11.3. The minimum Gasteiger partial charge on any atom is -0.368 e. The molecule has 1 aliphatic heterocycles. The molecule has 2 aromatic heterocycles. The van der Waals surface area contributed by atoms with Crippen LogP contribution in [0.5, 0.6) is 0 Å². The number of halogens is 1. The lowest BCUT2D eigenvalue weighted by Gasteiger charge is -2.22. The van der Waals surface area contributed by atoms with Gasteiger partial charge in [-0.2, -0.15) is 0 Å². The van der Waals surface area contributed by atoms with Crippen molar-refractivity contribution in [3.8, 4) is 0 Å². The number of fused-ring (bicyclic) bond motifs is 1. The van der Waals surface area contributed by atoms with E-state index in [0.717, 1.165) is 36.6 Å². The molecule has 4 nitrogen and oxygen atoms in total. The highest BCUT2D eigenvalue weighted by Gasteiger charge is 2.29. The predicted octanol–water partition coefficient (Wildman–Crippen LogP) is 3.57. The van der Waals surface area contributed by atoms with Crippen molar-refractivity contribution in [1.29, 1.82) is 0 Å². The Kier molecular flexibility index (Phi) is 3.57. The standard InChI is InChI=1S/C17H21ClN4/c1-12-20-15-4-2-3-5-17(15)22(12)13-7-9-21(11-13)16-6-8-19-10-14(16)18/h6,8,10,13H,2-5,7,9,11H2,1H3/t13-/m0/s1. The minimum atomic E-state index is 0.513. The summed E-state index contributed by atoms with van der Waals surface area (Å²) in [5, 5.41) is 0.743. The molecule has 0 amide bonds. The fraction of sp³-hybridized carbons (Fsp3) is 0.529. The Hall–Kier alpha value is -1.55. The topological polar surface area (TPSA) is 34.0 Å². The van der Waals surface area contributed by atoms with Crippen LogP contribution in [0.1, 0.15) is 42.5 Å². The lowest BCUT2D eigenvalue weighted by molar-refractivity contribution is 0.505. The van der Waals surface area contributed by atoms with E-state index in [4.69, 9.17) is 16.6 Å². The first-order valence-electron chi connectivity index (χ1n) is 8.15. The Balaban J connectivity index is 1.61. The molecule has 3 heterocycles. The van der Waals surface area contributed by atoms with Crippen LogP contribution in [0.2, 0.25) is 5.02 Å². The van der Waals surface area contributed by atoms with Crippen LogP contribution in [-0.2, 0) is 12.8 Å². The normalized spacial score (nSPS) is 21.2. The van der Waals surface area contributed by atoms with E-state index in [1.807, 2.05) is 12.3 Å². The number of rotatable bonds is 2. The first-order valence-corrected chi connectivity index (χ1v) is 8.53. The first-order chi connectivity index (χ1) is 10.7. The zero-order valence-corrected chi connectivity index (χ0v) is 13.7. The van der Waals surface area contributed by atoms with Crippen LogP contribution in [0.25, 0.3) is 0 Å². The fourth-order valence-corrected chi connectivity index (χ4v) is 4.22. The van der Waals surface area contributed by atoms with Gasteiger partial charge in [0.15, 0.2) is 0 Å². The molecular formula is C17H21ClN4. The quantitative estimate of drug-likeness (QED) is 0.849. The van der Waals surface area contributed by atoms with Crippen molar-refractivity contribution < 1.29 is 0 Å². The maximum Gasteiger partial charge on any atom is 0.106 e. The molecule has 0 N–H and O–H groups in total. The average molecular weight is 317 g/mol. The van der Waals surface area contributed by atoms with Gasteiger partial charge < -0.3 is 9.47 Å². The lowest BCUT2D eigenvalue weighted by Crippen LogP contribution is -2.22. The molecule has 116 valence electrons. The number of imidazole rings is 1. The van der Waals surface area contributed by atoms with Gasteiger partial charge in [0.1, 0.15) is 5.82 Å². The van der Waals surface area contributed by atoms with Crippen LogP contribution in [0.4, 0.5) is 5.69 Å². The van der Waals surface area contributed by atoms with E-state index in [-0.39, 0.29) is 0 Å². The van der Waals surface area contributed by atoms with Gasteiger partial charge in [0.05, 0.1) is 22.4 Å². The molecule has 0 radical (unpaired) electrons. The van der Waals surface area contributed by atoms with Gasteiger partial charge >= 0.3 is 0 Å². The van der Waals surface area contributed by atoms with E-state index in [0.29, 0.717) is 6.04 Å². The van der Waals surface area contributed by atoms with E-state index >= 15 is 0 Å². The van der Waals surface area contributed by atoms with E-state index in [1.54, 1.807) is 6.20 Å².